The van der Waals surface area contributed by atoms with Crippen LogP contribution in [-0.4, -0.2) is 15.8 Å². The Bertz CT molecular complexity index is 818. The number of benzene rings is 1. The van der Waals surface area contributed by atoms with Crippen LogP contribution in [0.5, 0.6) is 0 Å². The molecule has 98 valence electrons. The fraction of sp³-hybridized carbons (Fsp3) is 0. The summed E-state index contributed by atoms with van der Waals surface area (Å²) in [7, 11) is 0. The number of nitrogens with zero attached hydrogens (tertiary/aromatic N) is 2. The molecular weight excluding hydrogens is 295 g/mol. The molecule has 2 aromatic heterocycles. The number of carbonyl (C=O) groups excluding carboxylic acids is 1. The van der Waals surface area contributed by atoms with Crippen LogP contribution in [0.4, 0.5) is 0 Å². The van der Waals surface area contributed by atoms with Gasteiger partial charge in [0.1, 0.15) is 5.69 Å². The lowest BCUT2D eigenvalue weighted by atomic mass is 10.1. The molecule has 0 aliphatic carbocycles. The van der Waals surface area contributed by atoms with Crippen LogP contribution in [0.15, 0.2) is 48.8 Å². The van der Waals surface area contributed by atoms with Gasteiger partial charge in [-0.05, 0) is 18.2 Å². The predicted octanol–water partition coefficient (Wildman–Crippen LogP) is 4.17. The van der Waals surface area contributed by atoms with E-state index < -0.39 is 0 Å². The van der Waals surface area contributed by atoms with E-state index in [1.165, 1.54) is 12.3 Å². The minimum atomic E-state index is -0.251. The average molecular weight is 303 g/mol. The van der Waals surface area contributed by atoms with Gasteiger partial charge in [-0.25, -0.2) is 4.98 Å². The van der Waals surface area contributed by atoms with E-state index >= 15 is 0 Å². The van der Waals surface area contributed by atoms with Crippen molar-refractivity contribution in [3.05, 3.63) is 70.1 Å². The summed E-state index contributed by atoms with van der Waals surface area (Å²) in [4.78, 5) is 20.6. The Morgan fingerprint density at radius 1 is 1.05 bits per heavy atom. The van der Waals surface area contributed by atoms with Crippen LogP contribution < -0.4 is 0 Å². The zero-order valence-corrected chi connectivity index (χ0v) is 11.7. The molecule has 0 saturated carbocycles. The van der Waals surface area contributed by atoms with Crippen molar-refractivity contribution >= 4 is 39.9 Å². The van der Waals surface area contributed by atoms with E-state index in [1.54, 1.807) is 18.3 Å². The lowest BCUT2D eigenvalue weighted by Gasteiger charge is -2.04. The Hall–Kier alpha value is -1.97. The second-order valence-electron chi connectivity index (χ2n) is 4.22. The maximum Gasteiger partial charge on any atom is 0.212 e. The molecule has 0 saturated heterocycles. The Labute approximate surface area is 125 Å². The SMILES string of the molecule is O=C(c1ccc2cccnc2c1)c1ncc(Cl)cc1Cl. The van der Waals surface area contributed by atoms with Gasteiger partial charge in [-0.2, -0.15) is 0 Å². The van der Waals surface area contributed by atoms with E-state index in [0.29, 0.717) is 10.6 Å². The first-order chi connectivity index (χ1) is 9.65. The zero-order valence-electron chi connectivity index (χ0n) is 10.2. The van der Waals surface area contributed by atoms with Crippen LogP contribution in [0.2, 0.25) is 10.0 Å². The number of carbonyl (C=O) groups is 1. The highest BCUT2D eigenvalue weighted by Crippen LogP contribution is 2.22. The lowest BCUT2D eigenvalue weighted by Crippen LogP contribution is -2.05. The average Bonchev–Trinajstić information content (AvgIpc) is 2.46. The van der Waals surface area contributed by atoms with Crippen molar-refractivity contribution in [3.8, 4) is 0 Å². The topological polar surface area (TPSA) is 42.9 Å². The van der Waals surface area contributed by atoms with Gasteiger partial charge in [0, 0.05) is 23.3 Å². The van der Waals surface area contributed by atoms with Crippen molar-refractivity contribution in [1.29, 1.82) is 0 Å². The first kappa shape index (κ1) is 13.0. The van der Waals surface area contributed by atoms with Crippen LogP contribution in [0.3, 0.4) is 0 Å². The number of hydrogen-bond acceptors (Lipinski definition) is 3. The zero-order chi connectivity index (χ0) is 14.1. The summed E-state index contributed by atoms with van der Waals surface area (Å²) >= 11 is 11.8. The molecule has 3 nitrogen and oxygen atoms in total. The summed E-state index contributed by atoms with van der Waals surface area (Å²) in [6.45, 7) is 0. The predicted molar refractivity (Wildman–Crippen MR) is 79.4 cm³/mol. The molecule has 0 aliphatic heterocycles. The van der Waals surface area contributed by atoms with E-state index in [9.17, 15) is 4.79 Å². The summed E-state index contributed by atoms with van der Waals surface area (Å²) in [6.07, 6.45) is 3.09. The van der Waals surface area contributed by atoms with Crippen molar-refractivity contribution in [2.24, 2.45) is 0 Å². The first-order valence-corrected chi connectivity index (χ1v) is 6.61. The third kappa shape index (κ3) is 2.38. The summed E-state index contributed by atoms with van der Waals surface area (Å²) in [5.41, 5.74) is 1.43. The molecule has 5 heteroatoms. The van der Waals surface area contributed by atoms with E-state index in [0.717, 1.165) is 10.9 Å². The largest absolute Gasteiger partial charge is 0.287 e. The van der Waals surface area contributed by atoms with Gasteiger partial charge in [-0.1, -0.05) is 41.4 Å². The molecule has 3 aromatic rings. The molecule has 0 atom stereocenters. The molecule has 20 heavy (non-hydrogen) atoms. The highest BCUT2D eigenvalue weighted by Gasteiger charge is 2.15. The molecule has 1 aromatic carbocycles. The van der Waals surface area contributed by atoms with Crippen molar-refractivity contribution in [2.75, 3.05) is 0 Å². The molecule has 0 bridgehead atoms. The quantitative estimate of drug-likeness (QED) is 0.667. The Morgan fingerprint density at radius 3 is 2.70 bits per heavy atom. The van der Waals surface area contributed by atoms with E-state index in [1.807, 2.05) is 18.2 Å². The number of halogens is 2. The highest BCUT2D eigenvalue weighted by molar-refractivity contribution is 6.37. The number of hydrogen-bond donors (Lipinski definition) is 0. The van der Waals surface area contributed by atoms with E-state index in [4.69, 9.17) is 23.2 Å². The summed E-state index contributed by atoms with van der Waals surface area (Å²) in [6, 6.07) is 10.6. The van der Waals surface area contributed by atoms with Gasteiger partial charge >= 0.3 is 0 Å². The van der Waals surface area contributed by atoms with Crippen LogP contribution in [0.25, 0.3) is 10.9 Å². The smallest absolute Gasteiger partial charge is 0.212 e. The molecule has 0 fully saturated rings. The van der Waals surface area contributed by atoms with Gasteiger partial charge in [0.2, 0.25) is 5.78 Å². The Kier molecular flexibility index (Phi) is 3.38. The highest BCUT2D eigenvalue weighted by atomic mass is 35.5. The number of fused-ring (bicyclic) bond motifs is 1. The standard InChI is InChI=1S/C15H8Cl2N2O/c16-11-7-12(17)14(19-8-11)15(20)10-4-3-9-2-1-5-18-13(9)6-10/h1-8H. The van der Waals surface area contributed by atoms with Crippen LogP contribution >= 0.6 is 23.2 Å². The third-order valence-electron chi connectivity index (χ3n) is 2.89. The van der Waals surface area contributed by atoms with Crippen LogP contribution in [0.1, 0.15) is 16.1 Å². The molecule has 0 amide bonds. The van der Waals surface area contributed by atoms with Gasteiger partial charge < -0.3 is 0 Å². The van der Waals surface area contributed by atoms with Crippen LogP contribution in [0, 0.1) is 0 Å². The first-order valence-electron chi connectivity index (χ1n) is 5.86. The molecular formula is C15H8Cl2N2O. The molecule has 0 unspecified atom stereocenters. The van der Waals surface area contributed by atoms with Gasteiger partial charge in [0.05, 0.1) is 15.6 Å². The van der Waals surface area contributed by atoms with Crippen molar-refractivity contribution in [2.45, 2.75) is 0 Å². The summed E-state index contributed by atoms with van der Waals surface area (Å²) in [5, 5.41) is 1.61. The maximum absolute atomic E-state index is 12.4. The van der Waals surface area contributed by atoms with Crippen LogP contribution in [-0.2, 0) is 0 Å². The minimum Gasteiger partial charge on any atom is -0.287 e. The van der Waals surface area contributed by atoms with Gasteiger partial charge in [0.25, 0.3) is 0 Å². The van der Waals surface area contributed by atoms with Crippen molar-refractivity contribution in [1.82, 2.24) is 9.97 Å². The van der Waals surface area contributed by atoms with Gasteiger partial charge in [-0.15, -0.1) is 0 Å². The normalized spacial score (nSPS) is 10.7. The molecule has 0 radical (unpaired) electrons. The monoisotopic (exact) mass is 302 g/mol. The van der Waals surface area contributed by atoms with Gasteiger partial charge in [-0.3, -0.25) is 9.78 Å². The second kappa shape index (κ2) is 5.19. The number of pyridine rings is 2. The molecule has 0 spiro atoms. The Balaban J connectivity index is 2.08. The molecule has 0 aliphatic rings. The number of ketones is 1. The molecule has 3 rings (SSSR count). The number of aromatic nitrogens is 2. The van der Waals surface area contributed by atoms with Crippen molar-refractivity contribution in [3.63, 3.8) is 0 Å². The van der Waals surface area contributed by atoms with Gasteiger partial charge in [0.15, 0.2) is 0 Å². The number of rotatable bonds is 2. The Morgan fingerprint density at radius 2 is 1.90 bits per heavy atom. The summed E-state index contributed by atoms with van der Waals surface area (Å²) in [5.74, 6) is -0.251. The second-order valence-corrected chi connectivity index (χ2v) is 5.07. The maximum atomic E-state index is 12.4. The minimum absolute atomic E-state index is 0.186. The molecule has 0 N–H and O–H groups in total. The fourth-order valence-corrected chi connectivity index (χ4v) is 2.39. The van der Waals surface area contributed by atoms with Crippen molar-refractivity contribution < 1.29 is 4.79 Å². The molecule has 2 heterocycles. The fourth-order valence-electron chi connectivity index (χ4n) is 1.93. The third-order valence-corrected chi connectivity index (χ3v) is 3.39. The van der Waals surface area contributed by atoms with E-state index in [2.05, 4.69) is 9.97 Å². The summed E-state index contributed by atoms with van der Waals surface area (Å²) < 4.78 is 0. The van der Waals surface area contributed by atoms with E-state index in [-0.39, 0.29) is 16.5 Å². The lowest BCUT2D eigenvalue weighted by molar-refractivity contribution is 0.103.